The van der Waals surface area contributed by atoms with Gasteiger partial charge in [0.2, 0.25) is 5.91 Å². The number of unbranched alkanes of at least 4 members (excludes halogenated alkanes) is 1. The van der Waals surface area contributed by atoms with E-state index in [1.165, 1.54) is 4.90 Å². The van der Waals surface area contributed by atoms with Crippen LogP contribution in [0.3, 0.4) is 0 Å². The molecule has 0 fully saturated rings. The highest BCUT2D eigenvalue weighted by Gasteiger charge is 2.36. The maximum Gasteiger partial charge on any atom is 0.408 e. The first kappa shape index (κ1) is 29.6. The Bertz CT molecular complexity index is 1300. The molecular formula is C31H39N3O5. The number of nitrogens with zero attached hydrogens (tertiary/aromatic N) is 1. The molecule has 39 heavy (non-hydrogen) atoms. The lowest BCUT2D eigenvalue weighted by Gasteiger charge is -2.34. The molecule has 0 heterocycles. The third-order valence-corrected chi connectivity index (χ3v) is 6.27. The molecule has 2 unspecified atom stereocenters. The van der Waals surface area contributed by atoms with Crippen molar-refractivity contribution >= 4 is 34.4 Å². The Morgan fingerprint density at radius 2 is 1.64 bits per heavy atom. The van der Waals surface area contributed by atoms with E-state index in [9.17, 15) is 19.5 Å². The van der Waals surface area contributed by atoms with E-state index in [1.54, 1.807) is 20.8 Å². The largest absolute Gasteiger partial charge is 0.444 e. The summed E-state index contributed by atoms with van der Waals surface area (Å²) in [4.78, 5) is 41.7. The van der Waals surface area contributed by atoms with Crippen LogP contribution in [0, 0.1) is 6.92 Å². The van der Waals surface area contributed by atoms with Crippen molar-refractivity contribution in [1.82, 2.24) is 10.2 Å². The normalized spacial score (nSPS) is 12.9. The van der Waals surface area contributed by atoms with Crippen molar-refractivity contribution in [1.29, 1.82) is 0 Å². The van der Waals surface area contributed by atoms with Crippen LogP contribution in [0.1, 0.15) is 57.7 Å². The first-order valence-electron chi connectivity index (χ1n) is 13.3. The molecule has 0 aliphatic heterocycles. The van der Waals surface area contributed by atoms with E-state index < -0.39 is 42.2 Å². The number of aliphatic hydroxyl groups excluding tert-OH is 1. The van der Waals surface area contributed by atoms with Gasteiger partial charge in [-0.25, -0.2) is 4.79 Å². The molecule has 3 rings (SSSR count). The van der Waals surface area contributed by atoms with Gasteiger partial charge in [0.1, 0.15) is 17.7 Å². The van der Waals surface area contributed by atoms with Crippen molar-refractivity contribution in [2.45, 2.75) is 65.1 Å². The Kier molecular flexibility index (Phi) is 10.1. The van der Waals surface area contributed by atoms with Gasteiger partial charge in [0.25, 0.3) is 5.91 Å². The number of benzene rings is 3. The van der Waals surface area contributed by atoms with Gasteiger partial charge >= 0.3 is 6.09 Å². The van der Waals surface area contributed by atoms with Gasteiger partial charge in [-0.05, 0) is 68.1 Å². The van der Waals surface area contributed by atoms with Gasteiger partial charge in [-0.3, -0.25) is 9.59 Å². The monoisotopic (exact) mass is 533 g/mol. The maximum atomic E-state index is 14.0. The molecule has 0 radical (unpaired) electrons. The number of fused-ring (bicyclic) bond motifs is 1. The van der Waals surface area contributed by atoms with Crippen molar-refractivity contribution < 1.29 is 24.2 Å². The molecule has 3 aromatic carbocycles. The van der Waals surface area contributed by atoms with Crippen LogP contribution in [0.25, 0.3) is 10.8 Å². The predicted octanol–water partition coefficient (Wildman–Crippen LogP) is 5.34. The minimum atomic E-state index is -1.28. The first-order valence-corrected chi connectivity index (χ1v) is 13.3. The Hall–Kier alpha value is -3.91. The van der Waals surface area contributed by atoms with Crippen LogP contribution >= 0.6 is 0 Å². The van der Waals surface area contributed by atoms with E-state index in [4.69, 9.17) is 4.74 Å². The maximum absolute atomic E-state index is 14.0. The summed E-state index contributed by atoms with van der Waals surface area (Å²) in [6.07, 6.45) is 0.584. The zero-order valence-electron chi connectivity index (χ0n) is 23.4. The summed E-state index contributed by atoms with van der Waals surface area (Å²) in [5, 5.41) is 17.6. The lowest BCUT2D eigenvalue weighted by atomic mass is 9.97. The van der Waals surface area contributed by atoms with Gasteiger partial charge in [-0.1, -0.05) is 67.9 Å². The minimum Gasteiger partial charge on any atom is -0.444 e. The van der Waals surface area contributed by atoms with Crippen LogP contribution in [0.4, 0.5) is 10.5 Å². The number of carbonyl (C=O) groups excluding carboxylic acids is 3. The number of aryl methyl sites for hydroxylation is 1. The number of rotatable bonds is 10. The van der Waals surface area contributed by atoms with Crippen LogP contribution in [0.5, 0.6) is 0 Å². The van der Waals surface area contributed by atoms with E-state index in [0.717, 1.165) is 22.8 Å². The van der Waals surface area contributed by atoms with Crippen molar-refractivity contribution in [3.8, 4) is 0 Å². The smallest absolute Gasteiger partial charge is 0.408 e. The standard InChI is InChI=1S/C31H39N3O5/c1-6-7-18-34(29(37)26(20-35)33-30(38)39-31(3,4)5)27(25-15-11-8-12-21(25)2)28(36)32-24-17-16-22-13-9-10-14-23(22)19-24/h8-17,19,26-27,35H,6-7,18,20H2,1-5H3,(H,32,36)(H,33,38). The van der Waals surface area contributed by atoms with Gasteiger partial charge in [0.05, 0.1) is 6.61 Å². The highest BCUT2D eigenvalue weighted by Crippen LogP contribution is 2.28. The van der Waals surface area contributed by atoms with Gasteiger partial charge in [-0.15, -0.1) is 0 Å². The predicted molar refractivity (Wildman–Crippen MR) is 153 cm³/mol. The summed E-state index contributed by atoms with van der Waals surface area (Å²) < 4.78 is 5.30. The molecular weight excluding hydrogens is 494 g/mol. The second-order valence-electron chi connectivity index (χ2n) is 10.6. The van der Waals surface area contributed by atoms with Crippen LogP contribution < -0.4 is 10.6 Å². The molecule has 3 amide bonds. The molecule has 208 valence electrons. The fourth-order valence-electron chi connectivity index (χ4n) is 4.35. The summed E-state index contributed by atoms with van der Waals surface area (Å²) in [6.45, 7) is 8.61. The fourth-order valence-corrected chi connectivity index (χ4v) is 4.35. The number of hydrogen-bond donors (Lipinski definition) is 3. The highest BCUT2D eigenvalue weighted by atomic mass is 16.6. The third-order valence-electron chi connectivity index (χ3n) is 6.27. The summed E-state index contributed by atoms with van der Waals surface area (Å²) >= 11 is 0. The minimum absolute atomic E-state index is 0.256. The lowest BCUT2D eigenvalue weighted by molar-refractivity contribution is -0.141. The zero-order chi connectivity index (χ0) is 28.6. The zero-order valence-corrected chi connectivity index (χ0v) is 23.4. The summed E-state index contributed by atoms with van der Waals surface area (Å²) in [7, 11) is 0. The van der Waals surface area contributed by atoms with Crippen LogP contribution in [-0.2, 0) is 14.3 Å². The summed E-state index contributed by atoms with van der Waals surface area (Å²) in [6, 6.07) is 18.6. The van der Waals surface area contributed by atoms with Crippen molar-refractivity contribution in [2.75, 3.05) is 18.5 Å². The van der Waals surface area contributed by atoms with E-state index in [-0.39, 0.29) is 6.54 Å². The molecule has 0 spiro atoms. The van der Waals surface area contributed by atoms with E-state index in [0.29, 0.717) is 17.7 Å². The molecule has 8 heteroatoms. The number of nitrogens with one attached hydrogen (secondary N) is 2. The van der Waals surface area contributed by atoms with Crippen LogP contribution in [0.2, 0.25) is 0 Å². The number of amides is 3. The topological polar surface area (TPSA) is 108 Å². The molecule has 3 N–H and O–H groups in total. The van der Waals surface area contributed by atoms with Gasteiger partial charge < -0.3 is 25.4 Å². The fraction of sp³-hybridized carbons (Fsp3) is 0.387. The van der Waals surface area contributed by atoms with Gasteiger partial charge in [-0.2, -0.15) is 0 Å². The SMILES string of the molecule is CCCCN(C(=O)C(CO)NC(=O)OC(C)(C)C)C(C(=O)Nc1ccc2ccccc2c1)c1ccccc1C. The van der Waals surface area contributed by atoms with Crippen molar-refractivity contribution in [3.05, 3.63) is 77.9 Å². The van der Waals surface area contributed by atoms with Gasteiger partial charge in [0.15, 0.2) is 0 Å². The molecule has 0 aromatic heterocycles. The van der Waals surface area contributed by atoms with Crippen LogP contribution in [-0.4, -0.2) is 52.7 Å². The molecule has 2 atom stereocenters. The van der Waals surface area contributed by atoms with E-state index in [2.05, 4.69) is 10.6 Å². The number of hydrogen-bond acceptors (Lipinski definition) is 5. The van der Waals surface area contributed by atoms with E-state index >= 15 is 0 Å². The second kappa shape index (κ2) is 13.2. The quantitative estimate of drug-likeness (QED) is 0.326. The number of alkyl carbamates (subject to hydrolysis) is 1. The summed E-state index contributed by atoms with van der Waals surface area (Å²) in [5.74, 6) is -0.961. The molecule has 0 aliphatic carbocycles. The molecule has 3 aromatic rings. The molecule has 0 saturated carbocycles. The number of anilines is 1. The molecule has 0 aliphatic rings. The Morgan fingerprint density at radius 1 is 0.974 bits per heavy atom. The molecule has 0 saturated heterocycles. The van der Waals surface area contributed by atoms with Gasteiger partial charge in [0, 0.05) is 12.2 Å². The van der Waals surface area contributed by atoms with Crippen molar-refractivity contribution in [3.63, 3.8) is 0 Å². The highest BCUT2D eigenvalue weighted by molar-refractivity contribution is 6.00. The Balaban J connectivity index is 1.99. The lowest BCUT2D eigenvalue weighted by Crippen LogP contribution is -2.54. The number of aliphatic hydroxyl groups is 1. The molecule has 8 nitrogen and oxygen atoms in total. The summed E-state index contributed by atoms with van der Waals surface area (Å²) in [5.41, 5.74) is 1.32. The Morgan fingerprint density at radius 3 is 2.28 bits per heavy atom. The van der Waals surface area contributed by atoms with Crippen molar-refractivity contribution in [2.24, 2.45) is 0 Å². The third kappa shape index (κ3) is 8.04. The average molecular weight is 534 g/mol. The Labute approximate surface area is 230 Å². The van der Waals surface area contributed by atoms with E-state index in [1.807, 2.05) is 80.6 Å². The number of carbonyl (C=O) groups is 3. The first-order chi connectivity index (χ1) is 18.5. The average Bonchev–Trinajstić information content (AvgIpc) is 2.89. The molecule has 0 bridgehead atoms. The van der Waals surface area contributed by atoms with Crippen LogP contribution in [0.15, 0.2) is 66.7 Å². The second-order valence-corrected chi connectivity index (χ2v) is 10.6. The number of ether oxygens (including phenoxy) is 1.